The summed E-state index contributed by atoms with van der Waals surface area (Å²) >= 11 is 0. The number of hydrogen-bond acceptors (Lipinski definition) is 2. The van der Waals surface area contributed by atoms with Crippen LogP contribution in [0.5, 0.6) is 5.75 Å². The summed E-state index contributed by atoms with van der Waals surface area (Å²) in [5.74, 6) is -0.430. The number of ether oxygens (including phenoxy) is 1. The maximum absolute atomic E-state index is 10.9. The van der Waals surface area contributed by atoms with Crippen molar-refractivity contribution in [2.24, 2.45) is 0 Å². The number of aromatic carboxylic acids is 1. The SMILES string of the molecule is Cl.O=C(O)c1ccccc1OC1CCCC1. The minimum Gasteiger partial charge on any atom is -0.490 e. The van der Waals surface area contributed by atoms with Gasteiger partial charge >= 0.3 is 5.97 Å². The van der Waals surface area contributed by atoms with Crippen LogP contribution in [0.1, 0.15) is 36.0 Å². The largest absolute Gasteiger partial charge is 0.490 e. The Hall–Kier alpha value is -1.22. The van der Waals surface area contributed by atoms with Crippen molar-refractivity contribution in [2.45, 2.75) is 31.8 Å². The minimum absolute atomic E-state index is 0. The van der Waals surface area contributed by atoms with Crippen LogP contribution in [0, 0.1) is 0 Å². The van der Waals surface area contributed by atoms with Gasteiger partial charge in [-0.15, -0.1) is 12.4 Å². The lowest BCUT2D eigenvalue weighted by Gasteiger charge is -2.14. The number of carboxylic acid groups (broad SMARTS) is 1. The van der Waals surface area contributed by atoms with E-state index >= 15 is 0 Å². The van der Waals surface area contributed by atoms with Crippen LogP contribution in [0.2, 0.25) is 0 Å². The Labute approximate surface area is 101 Å². The number of carboxylic acids is 1. The van der Waals surface area contributed by atoms with E-state index in [1.807, 2.05) is 0 Å². The Morgan fingerprint density at radius 2 is 1.88 bits per heavy atom. The molecule has 0 aliphatic heterocycles. The third-order valence-corrected chi connectivity index (χ3v) is 2.71. The molecule has 0 bridgehead atoms. The predicted molar refractivity (Wildman–Crippen MR) is 63.5 cm³/mol. The monoisotopic (exact) mass is 242 g/mol. The molecule has 0 amide bonds. The van der Waals surface area contributed by atoms with Crippen LogP contribution >= 0.6 is 12.4 Å². The van der Waals surface area contributed by atoms with Gasteiger partial charge in [0, 0.05) is 0 Å². The van der Waals surface area contributed by atoms with E-state index in [4.69, 9.17) is 9.84 Å². The van der Waals surface area contributed by atoms with E-state index in [2.05, 4.69) is 0 Å². The quantitative estimate of drug-likeness (QED) is 0.886. The zero-order chi connectivity index (χ0) is 10.7. The fourth-order valence-electron chi connectivity index (χ4n) is 1.93. The first-order valence-corrected chi connectivity index (χ1v) is 5.26. The Morgan fingerprint density at radius 3 is 2.50 bits per heavy atom. The summed E-state index contributed by atoms with van der Waals surface area (Å²) in [6.45, 7) is 0. The van der Waals surface area contributed by atoms with Crippen molar-refractivity contribution in [1.82, 2.24) is 0 Å². The zero-order valence-electron chi connectivity index (χ0n) is 8.89. The van der Waals surface area contributed by atoms with Crippen molar-refractivity contribution in [3.05, 3.63) is 29.8 Å². The molecule has 3 nitrogen and oxygen atoms in total. The third kappa shape index (κ3) is 2.89. The highest BCUT2D eigenvalue weighted by atomic mass is 35.5. The average Bonchev–Trinajstić information content (AvgIpc) is 2.71. The van der Waals surface area contributed by atoms with Crippen molar-refractivity contribution in [3.63, 3.8) is 0 Å². The van der Waals surface area contributed by atoms with Gasteiger partial charge in [0.05, 0.1) is 6.10 Å². The number of para-hydroxylation sites is 1. The van der Waals surface area contributed by atoms with Gasteiger partial charge < -0.3 is 9.84 Å². The first-order chi connectivity index (χ1) is 7.27. The lowest BCUT2D eigenvalue weighted by Crippen LogP contribution is -2.13. The van der Waals surface area contributed by atoms with Crippen LogP contribution in [0.4, 0.5) is 0 Å². The smallest absolute Gasteiger partial charge is 0.339 e. The first-order valence-electron chi connectivity index (χ1n) is 5.26. The second kappa shape index (κ2) is 5.75. The summed E-state index contributed by atoms with van der Waals surface area (Å²) in [4.78, 5) is 10.9. The van der Waals surface area contributed by atoms with Crippen LogP contribution in [0.3, 0.4) is 0 Å². The molecule has 1 aliphatic rings. The van der Waals surface area contributed by atoms with Gasteiger partial charge in [0.2, 0.25) is 0 Å². The van der Waals surface area contributed by atoms with Crippen LogP contribution in [0.25, 0.3) is 0 Å². The fraction of sp³-hybridized carbons (Fsp3) is 0.417. The molecule has 88 valence electrons. The summed E-state index contributed by atoms with van der Waals surface area (Å²) in [6, 6.07) is 6.82. The molecule has 1 aromatic rings. The van der Waals surface area contributed by atoms with Crippen molar-refractivity contribution in [3.8, 4) is 5.75 Å². The molecule has 0 atom stereocenters. The number of benzene rings is 1. The topological polar surface area (TPSA) is 46.5 Å². The molecule has 1 aromatic carbocycles. The molecule has 0 unspecified atom stereocenters. The van der Waals surface area contributed by atoms with Gasteiger partial charge in [-0.2, -0.15) is 0 Å². The summed E-state index contributed by atoms with van der Waals surface area (Å²) in [7, 11) is 0. The van der Waals surface area contributed by atoms with Crippen LogP contribution in [-0.4, -0.2) is 17.2 Å². The van der Waals surface area contributed by atoms with E-state index in [1.165, 1.54) is 12.8 Å². The third-order valence-electron chi connectivity index (χ3n) is 2.71. The Morgan fingerprint density at radius 1 is 1.25 bits per heavy atom. The molecule has 1 aliphatic carbocycles. The molecule has 1 saturated carbocycles. The molecule has 4 heteroatoms. The highest BCUT2D eigenvalue weighted by Crippen LogP contribution is 2.26. The second-order valence-corrected chi connectivity index (χ2v) is 3.83. The van der Waals surface area contributed by atoms with Gasteiger partial charge in [-0.05, 0) is 37.8 Å². The molecular weight excluding hydrogens is 228 g/mol. The van der Waals surface area contributed by atoms with Crippen LogP contribution in [-0.2, 0) is 0 Å². The van der Waals surface area contributed by atoms with Gasteiger partial charge in [-0.1, -0.05) is 12.1 Å². The molecule has 2 rings (SSSR count). The summed E-state index contributed by atoms with van der Waals surface area (Å²) < 4.78 is 5.69. The highest BCUT2D eigenvalue weighted by Gasteiger charge is 2.19. The van der Waals surface area contributed by atoms with Gasteiger partial charge in [-0.3, -0.25) is 0 Å². The fourth-order valence-corrected chi connectivity index (χ4v) is 1.93. The zero-order valence-corrected chi connectivity index (χ0v) is 9.70. The Kier molecular flexibility index (Phi) is 4.62. The normalized spacial score (nSPS) is 15.5. The summed E-state index contributed by atoms with van der Waals surface area (Å²) in [6.07, 6.45) is 4.63. The maximum Gasteiger partial charge on any atom is 0.339 e. The van der Waals surface area contributed by atoms with E-state index in [9.17, 15) is 4.79 Å². The standard InChI is InChI=1S/C12H14O3.ClH/c13-12(14)10-7-3-4-8-11(10)15-9-5-1-2-6-9;/h3-4,7-9H,1-2,5-6H2,(H,13,14);1H. The second-order valence-electron chi connectivity index (χ2n) is 3.83. The average molecular weight is 243 g/mol. The van der Waals surface area contributed by atoms with Gasteiger partial charge in [0.25, 0.3) is 0 Å². The molecule has 0 aromatic heterocycles. The lowest BCUT2D eigenvalue weighted by atomic mass is 10.2. The molecular formula is C12H15ClO3. The minimum atomic E-state index is -0.927. The van der Waals surface area contributed by atoms with E-state index < -0.39 is 5.97 Å². The van der Waals surface area contributed by atoms with Crippen LogP contribution in [0.15, 0.2) is 24.3 Å². The van der Waals surface area contributed by atoms with E-state index in [1.54, 1.807) is 24.3 Å². The molecule has 16 heavy (non-hydrogen) atoms. The van der Waals surface area contributed by atoms with Gasteiger partial charge in [0.1, 0.15) is 11.3 Å². The molecule has 1 N–H and O–H groups in total. The Balaban J connectivity index is 0.00000128. The number of halogens is 1. The van der Waals surface area contributed by atoms with Crippen molar-refractivity contribution in [2.75, 3.05) is 0 Å². The van der Waals surface area contributed by atoms with Crippen molar-refractivity contribution < 1.29 is 14.6 Å². The molecule has 1 fully saturated rings. The number of carbonyl (C=O) groups is 1. The van der Waals surface area contributed by atoms with Gasteiger partial charge in [0.15, 0.2) is 0 Å². The predicted octanol–water partition coefficient (Wildman–Crippen LogP) is 3.13. The van der Waals surface area contributed by atoms with Crippen molar-refractivity contribution in [1.29, 1.82) is 0 Å². The number of hydrogen-bond donors (Lipinski definition) is 1. The molecule has 0 radical (unpaired) electrons. The molecule has 0 spiro atoms. The Bertz CT molecular complexity index is 359. The van der Waals surface area contributed by atoms with E-state index in [0.29, 0.717) is 5.75 Å². The molecule has 0 heterocycles. The van der Waals surface area contributed by atoms with Gasteiger partial charge in [-0.25, -0.2) is 4.79 Å². The van der Waals surface area contributed by atoms with Crippen molar-refractivity contribution >= 4 is 18.4 Å². The maximum atomic E-state index is 10.9. The summed E-state index contributed by atoms with van der Waals surface area (Å²) in [5.41, 5.74) is 0.254. The first kappa shape index (κ1) is 12.8. The van der Waals surface area contributed by atoms with E-state index in [0.717, 1.165) is 12.8 Å². The van der Waals surface area contributed by atoms with E-state index in [-0.39, 0.29) is 24.1 Å². The highest BCUT2D eigenvalue weighted by molar-refractivity contribution is 5.90. The number of rotatable bonds is 3. The van der Waals surface area contributed by atoms with Crippen LogP contribution < -0.4 is 4.74 Å². The molecule has 0 saturated heterocycles. The lowest BCUT2D eigenvalue weighted by molar-refractivity contribution is 0.0689. The summed E-state index contributed by atoms with van der Waals surface area (Å²) in [5, 5.41) is 8.96.